The first-order valence-electron chi connectivity index (χ1n) is 3.75. The fourth-order valence-electron chi connectivity index (χ4n) is 0.821. The Morgan fingerprint density at radius 1 is 1.43 bits per heavy atom. The molecule has 1 amide bonds. The van der Waals surface area contributed by atoms with E-state index < -0.39 is 18.4 Å². The lowest BCUT2D eigenvalue weighted by atomic mass is 10.3. The van der Waals surface area contributed by atoms with Crippen molar-refractivity contribution in [2.75, 3.05) is 6.54 Å². The standard InChI is InChI=1S/C8H8N2O4/c11-7(12)5-10(14)8(13)6-3-1-2-4-9-6/h1-4,14H,5H2,(H,11,12). The highest BCUT2D eigenvalue weighted by molar-refractivity contribution is 5.93. The second kappa shape index (κ2) is 4.33. The van der Waals surface area contributed by atoms with Crippen molar-refractivity contribution >= 4 is 11.9 Å². The summed E-state index contributed by atoms with van der Waals surface area (Å²) in [6, 6.07) is 4.55. The number of nitrogens with zero attached hydrogens (tertiary/aromatic N) is 2. The number of hydroxylamine groups is 2. The quantitative estimate of drug-likeness (QED) is 0.524. The summed E-state index contributed by atoms with van der Waals surface area (Å²) in [6.07, 6.45) is 1.38. The lowest BCUT2D eigenvalue weighted by molar-refractivity contribution is -0.146. The molecule has 0 fully saturated rings. The highest BCUT2D eigenvalue weighted by Gasteiger charge is 2.16. The Balaban J connectivity index is 2.71. The van der Waals surface area contributed by atoms with Crippen LogP contribution in [0.2, 0.25) is 0 Å². The fraction of sp³-hybridized carbons (Fsp3) is 0.125. The van der Waals surface area contributed by atoms with Crippen molar-refractivity contribution in [1.29, 1.82) is 0 Å². The molecule has 6 nitrogen and oxygen atoms in total. The van der Waals surface area contributed by atoms with Crippen LogP contribution in [-0.4, -0.2) is 38.8 Å². The van der Waals surface area contributed by atoms with Gasteiger partial charge < -0.3 is 5.11 Å². The summed E-state index contributed by atoms with van der Waals surface area (Å²) in [5.41, 5.74) is -0.00347. The van der Waals surface area contributed by atoms with Gasteiger partial charge in [0, 0.05) is 6.20 Å². The van der Waals surface area contributed by atoms with E-state index in [1.165, 1.54) is 12.3 Å². The lowest BCUT2D eigenvalue weighted by Crippen LogP contribution is -2.33. The second-order valence-electron chi connectivity index (χ2n) is 2.47. The number of carbonyl (C=O) groups is 2. The van der Waals surface area contributed by atoms with Gasteiger partial charge in [-0.1, -0.05) is 6.07 Å². The molecule has 1 rings (SSSR count). The first kappa shape index (κ1) is 10.1. The second-order valence-corrected chi connectivity index (χ2v) is 2.47. The number of aliphatic carboxylic acids is 1. The topological polar surface area (TPSA) is 90.7 Å². The summed E-state index contributed by atoms with van der Waals surface area (Å²) >= 11 is 0. The van der Waals surface area contributed by atoms with Crippen LogP contribution in [0, 0.1) is 0 Å². The minimum absolute atomic E-state index is 0.00347. The van der Waals surface area contributed by atoms with Crippen molar-refractivity contribution in [2.45, 2.75) is 0 Å². The molecular formula is C8H8N2O4. The van der Waals surface area contributed by atoms with Crippen LogP contribution in [0.15, 0.2) is 24.4 Å². The molecule has 0 saturated carbocycles. The number of pyridine rings is 1. The molecule has 0 unspecified atom stereocenters. The Bertz CT molecular complexity index is 338. The summed E-state index contributed by atoms with van der Waals surface area (Å²) in [6.45, 7) is -0.768. The Labute approximate surface area is 79.4 Å². The zero-order chi connectivity index (χ0) is 10.6. The van der Waals surface area contributed by atoms with E-state index in [1.807, 2.05) is 0 Å². The molecule has 0 atom stereocenters. The molecule has 0 aromatic carbocycles. The molecule has 1 aromatic rings. The smallest absolute Gasteiger partial charge is 0.325 e. The van der Waals surface area contributed by atoms with Crippen molar-refractivity contribution in [2.24, 2.45) is 0 Å². The van der Waals surface area contributed by atoms with Crippen molar-refractivity contribution < 1.29 is 19.9 Å². The van der Waals surface area contributed by atoms with Crippen LogP contribution in [0.3, 0.4) is 0 Å². The number of amides is 1. The monoisotopic (exact) mass is 196 g/mol. The molecule has 0 bridgehead atoms. The van der Waals surface area contributed by atoms with Gasteiger partial charge in [-0.3, -0.25) is 19.8 Å². The maximum Gasteiger partial charge on any atom is 0.325 e. The van der Waals surface area contributed by atoms with Gasteiger partial charge in [0.05, 0.1) is 0 Å². The Kier molecular flexibility index (Phi) is 3.14. The van der Waals surface area contributed by atoms with Gasteiger partial charge in [-0.05, 0) is 12.1 Å². The highest BCUT2D eigenvalue weighted by Crippen LogP contribution is 1.98. The molecule has 0 radical (unpaired) electrons. The number of carboxylic acid groups (broad SMARTS) is 1. The third kappa shape index (κ3) is 2.53. The number of hydrogen-bond donors (Lipinski definition) is 2. The van der Waals surface area contributed by atoms with Gasteiger partial charge in [0.2, 0.25) is 0 Å². The van der Waals surface area contributed by atoms with Crippen LogP contribution in [-0.2, 0) is 4.79 Å². The van der Waals surface area contributed by atoms with E-state index in [0.29, 0.717) is 0 Å². The zero-order valence-electron chi connectivity index (χ0n) is 7.12. The molecule has 1 aromatic heterocycles. The number of carboxylic acids is 1. The van der Waals surface area contributed by atoms with Gasteiger partial charge in [-0.2, -0.15) is 0 Å². The first-order chi connectivity index (χ1) is 6.61. The molecule has 14 heavy (non-hydrogen) atoms. The van der Waals surface area contributed by atoms with Crippen molar-refractivity contribution in [1.82, 2.24) is 10.0 Å². The van der Waals surface area contributed by atoms with Crippen LogP contribution < -0.4 is 0 Å². The van der Waals surface area contributed by atoms with E-state index in [4.69, 9.17) is 10.3 Å². The van der Waals surface area contributed by atoms with Crippen molar-refractivity contribution in [3.63, 3.8) is 0 Å². The molecular weight excluding hydrogens is 188 g/mol. The molecule has 0 aliphatic heterocycles. The summed E-state index contributed by atoms with van der Waals surface area (Å²) in [4.78, 5) is 25.1. The normalized spacial score (nSPS) is 9.50. The SMILES string of the molecule is O=C(O)CN(O)C(=O)c1ccccn1. The van der Waals surface area contributed by atoms with Gasteiger partial charge in [0.1, 0.15) is 12.2 Å². The van der Waals surface area contributed by atoms with Gasteiger partial charge in [0.15, 0.2) is 0 Å². The molecule has 0 aliphatic carbocycles. The molecule has 6 heteroatoms. The average Bonchev–Trinajstić information content (AvgIpc) is 2.17. The molecule has 0 spiro atoms. The van der Waals surface area contributed by atoms with Gasteiger partial charge in [-0.25, -0.2) is 5.06 Å². The molecule has 2 N–H and O–H groups in total. The summed E-state index contributed by atoms with van der Waals surface area (Å²) in [5.74, 6) is -2.13. The minimum Gasteiger partial charge on any atom is -0.480 e. The predicted octanol–water partition coefficient (Wildman–Crippen LogP) is -0.00240. The predicted molar refractivity (Wildman–Crippen MR) is 44.7 cm³/mol. The minimum atomic E-state index is -1.29. The Morgan fingerprint density at radius 3 is 2.64 bits per heavy atom. The Hall–Kier alpha value is -1.95. The van der Waals surface area contributed by atoms with E-state index in [0.717, 1.165) is 0 Å². The maximum atomic E-state index is 11.2. The van der Waals surface area contributed by atoms with Crippen molar-refractivity contribution in [3.8, 4) is 0 Å². The van der Waals surface area contributed by atoms with Crippen molar-refractivity contribution in [3.05, 3.63) is 30.1 Å². The van der Waals surface area contributed by atoms with Gasteiger partial charge >= 0.3 is 5.97 Å². The number of hydrogen-bond acceptors (Lipinski definition) is 4. The number of carbonyl (C=O) groups excluding carboxylic acids is 1. The fourth-order valence-corrected chi connectivity index (χ4v) is 0.821. The van der Waals surface area contributed by atoms with Crippen LogP contribution in [0.1, 0.15) is 10.5 Å². The Morgan fingerprint density at radius 2 is 2.14 bits per heavy atom. The lowest BCUT2D eigenvalue weighted by Gasteiger charge is -2.10. The van der Waals surface area contributed by atoms with Crippen LogP contribution in [0.4, 0.5) is 0 Å². The van der Waals surface area contributed by atoms with E-state index >= 15 is 0 Å². The summed E-state index contributed by atoms with van der Waals surface area (Å²) < 4.78 is 0. The average molecular weight is 196 g/mol. The van der Waals surface area contributed by atoms with E-state index in [2.05, 4.69) is 4.98 Å². The molecule has 74 valence electrons. The summed E-state index contributed by atoms with van der Waals surface area (Å²) in [7, 11) is 0. The molecule has 0 saturated heterocycles. The van der Waals surface area contributed by atoms with E-state index in [1.54, 1.807) is 12.1 Å². The number of aromatic nitrogens is 1. The maximum absolute atomic E-state index is 11.2. The number of rotatable bonds is 3. The van der Waals surface area contributed by atoms with E-state index in [9.17, 15) is 9.59 Å². The third-order valence-electron chi connectivity index (χ3n) is 1.40. The molecule has 1 heterocycles. The van der Waals surface area contributed by atoms with Gasteiger partial charge in [-0.15, -0.1) is 0 Å². The first-order valence-corrected chi connectivity index (χ1v) is 3.75. The van der Waals surface area contributed by atoms with Gasteiger partial charge in [0.25, 0.3) is 5.91 Å². The largest absolute Gasteiger partial charge is 0.480 e. The molecule has 0 aliphatic rings. The third-order valence-corrected chi connectivity index (χ3v) is 1.40. The van der Waals surface area contributed by atoms with Crippen LogP contribution in [0.25, 0.3) is 0 Å². The van der Waals surface area contributed by atoms with E-state index in [-0.39, 0.29) is 10.8 Å². The van der Waals surface area contributed by atoms with Crippen LogP contribution >= 0.6 is 0 Å². The van der Waals surface area contributed by atoms with Crippen LogP contribution in [0.5, 0.6) is 0 Å². The zero-order valence-corrected chi connectivity index (χ0v) is 7.12. The highest BCUT2D eigenvalue weighted by atomic mass is 16.5. The summed E-state index contributed by atoms with van der Waals surface area (Å²) in [5, 5.41) is 17.4.